The third-order valence-electron chi connectivity index (χ3n) is 3.31. The van der Waals surface area contributed by atoms with E-state index in [9.17, 15) is 4.79 Å². The average molecular weight is 354 g/mol. The van der Waals surface area contributed by atoms with Gasteiger partial charge in [0.2, 0.25) is 5.89 Å². The summed E-state index contributed by atoms with van der Waals surface area (Å²) >= 11 is 6.21. The van der Waals surface area contributed by atoms with E-state index in [-0.39, 0.29) is 12.5 Å². The number of carbonyl (C=O) groups is 1. The summed E-state index contributed by atoms with van der Waals surface area (Å²) in [7, 11) is 3.14. The van der Waals surface area contributed by atoms with Gasteiger partial charge in [0.1, 0.15) is 0 Å². The maximum absolute atomic E-state index is 12.6. The van der Waals surface area contributed by atoms with Gasteiger partial charge in [-0.1, -0.05) is 23.7 Å². The van der Waals surface area contributed by atoms with Crippen LogP contribution in [0, 0.1) is 0 Å². The van der Waals surface area contributed by atoms with Crippen molar-refractivity contribution in [3.05, 3.63) is 34.4 Å². The van der Waals surface area contributed by atoms with Crippen LogP contribution in [0.15, 0.2) is 16.7 Å². The Labute approximate surface area is 145 Å². The highest BCUT2D eigenvalue weighted by atomic mass is 35.5. The Kier molecular flexibility index (Phi) is 6.03. The minimum Gasteiger partial charge on any atom is -0.493 e. The second-order valence-corrected chi connectivity index (χ2v) is 5.45. The number of ether oxygens (including phenoxy) is 2. The first-order valence-corrected chi connectivity index (χ1v) is 7.95. The molecule has 8 heteroatoms. The van der Waals surface area contributed by atoms with Gasteiger partial charge in [0.25, 0.3) is 5.91 Å². The number of hydrogen-bond donors (Lipinski definition) is 0. The topological polar surface area (TPSA) is 77.7 Å². The van der Waals surface area contributed by atoms with E-state index in [4.69, 9.17) is 25.6 Å². The summed E-state index contributed by atoms with van der Waals surface area (Å²) in [5.74, 6) is 1.58. The molecule has 1 aromatic carbocycles. The van der Waals surface area contributed by atoms with E-state index < -0.39 is 0 Å². The molecule has 2 rings (SSSR count). The monoisotopic (exact) mass is 353 g/mol. The van der Waals surface area contributed by atoms with Crippen LogP contribution in [-0.2, 0) is 13.0 Å². The van der Waals surface area contributed by atoms with E-state index in [0.717, 1.165) is 0 Å². The molecule has 0 fully saturated rings. The number of halogens is 1. The molecule has 1 heterocycles. The molecular weight excluding hydrogens is 334 g/mol. The molecule has 2 aromatic rings. The van der Waals surface area contributed by atoms with Crippen LogP contribution in [0.4, 0.5) is 0 Å². The number of methoxy groups -OCH3 is 1. The van der Waals surface area contributed by atoms with Crippen LogP contribution in [0.1, 0.15) is 35.9 Å². The lowest BCUT2D eigenvalue weighted by atomic mass is 10.1. The van der Waals surface area contributed by atoms with Gasteiger partial charge >= 0.3 is 0 Å². The Morgan fingerprint density at radius 1 is 1.38 bits per heavy atom. The number of amides is 1. The van der Waals surface area contributed by atoms with Crippen LogP contribution in [0.3, 0.4) is 0 Å². The molecule has 24 heavy (non-hydrogen) atoms. The minimum atomic E-state index is -0.241. The Morgan fingerprint density at radius 2 is 2.12 bits per heavy atom. The number of hydrogen-bond acceptors (Lipinski definition) is 6. The van der Waals surface area contributed by atoms with E-state index >= 15 is 0 Å². The van der Waals surface area contributed by atoms with Crippen LogP contribution in [0.5, 0.6) is 11.5 Å². The fourth-order valence-corrected chi connectivity index (χ4v) is 2.39. The van der Waals surface area contributed by atoms with Crippen molar-refractivity contribution in [2.45, 2.75) is 26.8 Å². The average Bonchev–Trinajstić information content (AvgIpc) is 3.03. The summed E-state index contributed by atoms with van der Waals surface area (Å²) in [6.07, 6.45) is 0.673. The maximum atomic E-state index is 12.6. The quantitative estimate of drug-likeness (QED) is 0.761. The Balaban J connectivity index is 2.20. The first-order valence-electron chi connectivity index (χ1n) is 7.57. The largest absolute Gasteiger partial charge is 0.493 e. The SMILES string of the molecule is CCOc1c(Cl)cc(C(=O)N(C)Cc2nc(CC)no2)cc1OC. The molecule has 0 atom stereocenters. The number of aryl methyl sites for hydroxylation is 1. The molecule has 0 aliphatic carbocycles. The normalized spacial score (nSPS) is 10.5. The fourth-order valence-electron chi connectivity index (χ4n) is 2.12. The zero-order valence-corrected chi connectivity index (χ0v) is 14.9. The summed E-state index contributed by atoms with van der Waals surface area (Å²) < 4.78 is 15.8. The van der Waals surface area contributed by atoms with Crippen LogP contribution in [-0.4, -0.2) is 41.7 Å². The van der Waals surface area contributed by atoms with Crippen molar-refractivity contribution in [3.63, 3.8) is 0 Å². The van der Waals surface area contributed by atoms with Crippen molar-refractivity contribution in [1.82, 2.24) is 15.0 Å². The van der Waals surface area contributed by atoms with Crippen molar-refractivity contribution in [2.24, 2.45) is 0 Å². The summed E-state index contributed by atoms with van der Waals surface area (Å²) in [5, 5.41) is 4.13. The predicted octanol–water partition coefficient (Wildman–Crippen LogP) is 2.96. The number of carbonyl (C=O) groups excluding carboxylic acids is 1. The molecule has 0 bridgehead atoms. The molecule has 0 aliphatic heterocycles. The molecule has 0 radical (unpaired) electrons. The number of rotatable bonds is 7. The van der Waals surface area contributed by atoms with Crippen molar-refractivity contribution in [3.8, 4) is 11.5 Å². The molecular formula is C16H20ClN3O4. The molecule has 0 spiro atoms. The molecule has 0 N–H and O–H groups in total. The zero-order valence-electron chi connectivity index (χ0n) is 14.1. The van der Waals surface area contributed by atoms with Gasteiger partial charge in [-0.25, -0.2) is 0 Å². The second-order valence-electron chi connectivity index (χ2n) is 5.04. The molecule has 0 saturated carbocycles. The van der Waals surface area contributed by atoms with E-state index in [2.05, 4.69) is 10.1 Å². The number of benzene rings is 1. The van der Waals surface area contributed by atoms with Gasteiger partial charge in [0.15, 0.2) is 17.3 Å². The molecule has 7 nitrogen and oxygen atoms in total. The highest BCUT2D eigenvalue weighted by molar-refractivity contribution is 6.32. The van der Waals surface area contributed by atoms with Gasteiger partial charge in [-0.2, -0.15) is 4.98 Å². The van der Waals surface area contributed by atoms with Crippen LogP contribution in [0.2, 0.25) is 5.02 Å². The van der Waals surface area contributed by atoms with E-state index in [1.54, 1.807) is 19.2 Å². The fraction of sp³-hybridized carbons (Fsp3) is 0.438. The Bertz CT molecular complexity index is 717. The zero-order chi connectivity index (χ0) is 17.7. The summed E-state index contributed by atoms with van der Waals surface area (Å²) in [6, 6.07) is 3.15. The smallest absolute Gasteiger partial charge is 0.254 e. The Hall–Kier alpha value is -2.28. The van der Waals surface area contributed by atoms with Crippen LogP contribution >= 0.6 is 11.6 Å². The van der Waals surface area contributed by atoms with Gasteiger partial charge in [-0.15, -0.1) is 0 Å². The summed E-state index contributed by atoms with van der Waals surface area (Å²) in [4.78, 5) is 18.3. The lowest BCUT2D eigenvalue weighted by molar-refractivity contribution is 0.0769. The van der Waals surface area contributed by atoms with Crippen LogP contribution in [0.25, 0.3) is 0 Å². The van der Waals surface area contributed by atoms with Crippen molar-refractivity contribution >= 4 is 17.5 Å². The van der Waals surface area contributed by atoms with Crippen molar-refractivity contribution in [1.29, 1.82) is 0 Å². The lowest BCUT2D eigenvalue weighted by Gasteiger charge is -2.17. The molecule has 1 amide bonds. The second kappa shape index (κ2) is 8.01. The van der Waals surface area contributed by atoms with E-state index in [1.165, 1.54) is 12.0 Å². The first kappa shape index (κ1) is 18.1. The lowest BCUT2D eigenvalue weighted by Crippen LogP contribution is -2.26. The van der Waals surface area contributed by atoms with Gasteiger partial charge in [-0.3, -0.25) is 4.79 Å². The van der Waals surface area contributed by atoms with Crippen LogP contribution < -0.4 is 9.47 Å². The molecule has 0 unspecified atom stereocenters. The van der Waals surface area contributed by atoms with Gasteiger partial charge in [-0.05, 0) is 19.1 Å². The van der Waals surface area contributed by atoms with Gasteiger partial charge in [0.05, 0.1) is 25.3 Å². The third kappa shape index (κ3) is 3.97. The molecule has 1 aromatic heterocycles. The minimum absolute atomic E-state index is 0.207. The molecule has 130 valence electrons. The molecule has 0 aliphatic rings. The molecule has 0 saturated heterocycles. The third-order valence-corrected chi connectivity index (χ3v) is 3.59. The van der Waals surface area contributed by atoms with Gasteiger partial charge in [0, 0.05) is 19.0 Å². The standard InChI is InChI=1S/C16H20ClN3O4/c1-5-13-18-14(24-19-13)9-20(3)16(21)10-7-11(17)15(23-6-2)12(8-10)22-4/h7-8H,5-6,9H2,1-4H3. The van der Waals surface area contributed by atoms with Gasteiger partial charge < -0.3 is 18.9 Å². The highest BCUT2D eigenvalue weighted by Gasteiger charge is 2.20. The first-order chi connectivity index (χ1) is 11.5. The van der Waals surface area contributed by atoms with E-state index in [1.807, 2.05) is 13.8 Å². The van der Waals surface area contributed by atoms with E-state index in [0.29, 0.717) is 46.8 Å². The highest BCUT2D eigenvalue weighted by Crippen LogP contribution is 2.36. The summed E-state index contributed by atoms with van der Waals surface area (Å²) in [6.45, 7) is 4.43. The predicted molar refractivity (Wildman–Crippen MR) is 88.6 cm³/mol. The van der Waals surface area contributed by atoms with Crippen molar-refractivity contribution < 1.29 is 18.8 Å². The maximum Gasteiger partial charge on any atom is 0.254 e. The Morgan fingerprint density at radius 3 is 2.71 bits per heavy atom. The number of aromatic nitrogens is 2. The number of nitrogens with zero attached hydrogens (tertiary/aromatic N) is 3. The summed E-state index contributed by atoms with van der Waals surface area (Å²) in [5.41, 5.74) is 0.387. The van der Waals surface area contributed by atoms with Crippen molar-refractivity contribution in [2.75, 3.05) is 20.8 Å².